The van der Waals surface area contributed by atoms with Gasteiger partial charge in [0, 0.05) is 23.5 Å². The van der Waals surface area contributed by atoms with Crippen LogP contribution < -0.4 is 16.0 Å². The molecule has 0 saturated heterocycles. The highest BCUT2D eigenvalue weighted by Gasteiger charge is 2.06. The van der Waals surface area contributed by atoms with Crippen molar-refractivity contribution in [3.63, 3.8) is 0 Å². The first-order chi connectivity index (χ1) is 16.9. The lowest BCUT2D eigenvalue weighted by molar-refractivity contribution is 0.126. The van der Waals surface area contributed by atoms with Crippen LogP contribution in [0.2, 0.25) is 0 Å². The van der Waals surface area contributed by atoms with E-state index in [1.165, 1.54) is 0 Å². The first kappa shape index (κ1) is 27.2. The Morgan fingerprint density at radius 1 is 0.771 bits per heavy atom. The lowest BCUT2D eigenvalue weighted by Gasteiger charge is -2.09. The Bertz CT molecular complexity index is 989. The van der Waals surface area contributed by atoms with E-state index in [1.54, 1.807) is 44.2 Å². The van der Waals surface area contributed by atoms with Crippen LogP contribution in [-0.4, -0.2) is 49.8 Å². The number of aliphatic hydroxyl groups is 1. The summed E-state index contributed by atoms with van der Waals surface area (Å²) in [7, 11) is 0. The summed E-state index contributed by atoms with van der Waals surface area (Å²) in [5.41, 5.74) is 3.96. The van der Waals surface area contributed by atoms with Crippen molar-refractivity contribution in [2.75, 3.05) is 37.1 Å². The van der Waals surface area contributed by atoms with E-state index in [1.807, 2.05) is 24.3 Å². The molecule has 0 heterocycles. The van der Waals surface area contributed by atoms with E-state index in [9.17, 15) is 14.4 Å². The second-order valence-corrected chi connectivity index (χ2v) is 7.40. The highest BCUT2D eigenvalue weighted by molar-refractivity contribution is 5.85. The van der Waals surface area contributed by atoms with Crippen LogP contribution in [0.25, 0.3) is 0 Å². The Hall–Kier alpha value is -4.05. The van der Waals surface area contributed by atoms with Gasteiger partial charge in [-0.3, -0.25) is 16.0 Å². The van der Waals surface area contributed by atoms with E-state index >= 15 is 0 Å². The maximum absolute atomic E-state index is 11.9. The minimum absolute atomic E-state index is 0.0569. The average Bonchev–Trinajstić information content (AvgIpc) is 2.84. The molecule has 4 N–H and O–H groups in total. The van der Waals surface area contributed by atoms with Crippen molar-refractivity contribution < 1.29 is 33.7 Å². The molecule has 0 aliphatic heterocycles. The van der Waals surface area contributed by atoms with E-state index in [2.05, 4.69) is 16.0 Å². The van der Waals surface area contributed by atoms with Gasteiger partial charge >= 0.3 is 18.3 Å². The lowest BCUT2D eigenvalue weighted by atomic mass is 10.0. The number of carbonyl (C=O) groups excluding carboxylic acids is 3. The molecule has 2 aromatic carbocycles. The monoisotopic (exact) mass is 485 g/mol. The Morgan fingerprint density at radius 2 is 1.23 bits per heavy atom. The van der Waals surface area contributed by atoms with Crippen molar-refractivity contribution >= 4 is 29.7 Å². The van der Waals surface area contributed by atoms with Gasteiger partial charge in [-0.25, -0.2) is 14.4 Å². The standard InChI is InChI=1S/C25H31N3O7/c1-3-18(2)26-23(30)33-14-4-15-34-24(31)27-21-9-5-19(6-10-21)17-20-7-11-22(12-8-20)28-25(32)35-16-13-29/h3,5-12,29H,4,13-17H2,1-2H3,(H,26,30)(H,27,31)(H,28,32)/b18-3+. The number of ether oxygens (including phenoxy) is 3. The number of allylic oxidation sites excluding steroid dienone is 2. The van der Waals surface area contributed by atoms with Crippen molar-refractivity contribution in [1.82, 2.24) is 5.32 Å². The number of carbonyl (C=O) groups is 3. The maximum atomic E-state index is 11.9. The largest absolute Gasteiger partial charge is 0.449 e. The fourth-order valence-corrected chi connectivity index (χ4v) is 2.75. The third kappa shape index (κ3) is 11.1. The first-order valence-electron chi connectivity index (χ1n) is 11.1. The predicted octanol–water partition coefficient (Wildman–Crippen LogP) is 4.41. The lowest BCUT2D eigenvalue weighted by Crippen LogP contribution is -2.23. The van der Waals surface area contributed by atoms with Gasteiger partial charge in [-0.05, 0) is 55.7 Å². The van der Waals surface area contributed by atoms with Crippen LogP contribution in [0.4, 0.5) is 25.8 Å². The number of amides is 3. The van der Waals surface area contributed by atoms with Crippen LogP contribution in [0.15, 0.2) is 60.3 Å². The van der Waals surface area contributed by atoms with Crippen LogP contribution in [-0.2, 0) is 20.6 Å². The van der Waals surface area contributed by atoms with Crippen LogP contribution >= 0.6 is 0 Å². The quantitative estimate of drug-likeness (QED) is 0.273. The number of anilines is 2. The highest BCUT2D eigenvalue weighted by atomic mass is 16.6. The molecule has 0 bridgehead atoms. The predicted molar refractivity (Wildman–Crippen MR) is 131 cm³/mol. The van der Waals surface area contributed by atoms with Crippen molar-refractivity contribution in [1.29, 1.82) is 0 Å². The second-order valence-electron chi connectivity index (χ2n) is 7.40. The van der Waals surface area contributed by atoms with E-state index in [-0.39, 0.29) is 26.4 Å². The number of rotatable bonds is 11. The Morgan fingerprint density at radius 3 is 1.69 bits per heavy atom. The molecule has 0 saturated carbocycles. The molecule has 188 valence electrons. The Balaban J connectivity index is 1.69. The fourth-order valence-electron chi connectivity index (χ4n) is 2.75. The Labute approximate surface area is 204 Å². The van der Waals surface area contributed by atoms with E-state index in [4.69, 9.17) is 19.3 Å². The van der Waals surface area contributed by atoms with Gasteiger partial charge < -0.3 is 19.3 Å². The molecular formula is C25H31N3O7. The normalized spacial score (nSPS) is 10.8. The molecule has 0 aliphatic carbocycles. The fraction of sp³-hybridized carbons (Fsp3) is 0.320. The summed E-state index contributed by atoms with van der Waals surface area (Å²) >= 11 is 0. The summed E-state index contributed by atoms with van der Waals surface area (Å²) in [5, 5.41) is 16.4. The SMILES string of the molecule is C/C=C(\C)NC(=O)OCCCOC(=O)Nc1ccc(Cc2ccc(NC(=O)OCCO)cc2)cc1. The summed E-state index contributed by atoms with van der Waals surface area (Å²) in [4.78, 5) is 34.9. The minimum atomic E-state index is -0.621. The van der Waals surface area contributed by atoms with E-state index in [0.717, 1.165) is 11.1 Å². The summed E-state index contributed by atoms with van der Waals surface area (Å²) in [5.74, 6) is 0. The van der Waals surface area contributed by atoms with Gasteiger partial charge in [0.15, 0.2) is 0 Å². The minimum Gasteiger partial charge on any atom is -0.449 e. The molecule has 0 spiro atoms. The van der Waals surface area contributed by atoms with Crippen LogP contribution in [0.1, 0.15) is 31.4 Å². The zero-order valence-electron chi connectivity index (χ0n) is 19.8. The first-order valence-corrected chi connectivity index (χ1v) is 11.1. The van der Waals surface area contributed by atoms with Crippen LogP contribution in [0.3, 0.4) is 0 Å². The van der Waals surface area contributed by atoms with Gasteiger partial charge in [-0.15, -0.1) is 0 Å². The molecule has 0 fully saturated rings. The molecule has 10 nitrogen and oxygen atoms in total. The second kappa shape index (κ2) is 15.0. The zero-order chi connectivity index (χ0) is 25.5. The van der Waals surface area contributed by atoms with Gasteiger partial charge in [0.2, 0.25) is 0 Å². The van der Waals surface area contributed by atoms with E-state index in [0.29, 0.717) is 29.9 Å². The molecule has 0 aliphatic rings. The van der Waals surface area contributed by atoms with Crippen molar-refractivity contribution in [3.05, 3.63) is 71.4 Å². The van der Waals surface area contributed by atoms with E-state index < -0.39 is 18.3 Å². The number of hydrogen-bond acceptors (Lipinski definition) is 7. The molecule has 2 rings (SSSR count). The number of aliphatic hydroxyl groups excluding tert-OH is 1. The number of alkyl carbamates (subject to hydrolysis) is 1. The molecule has 35 heavy (non-hydrogen) atoms. The molecule has 0 atom stereocenters. The molecule has 2 aromatic rings. The Kier molecular flexibility index (Phi) is 11.6. The molecule has 0 aromatic heterocycles. The average molecular weight is 486 g/mol. The third-order valence-electron chi connectivity index (χ3n) is 4.62. The maximum Gasteiger partial charge on any atom is 0.411 e. The zero-order valence-corrected chi connectivity index (χ0v) is 19.8. The van der Waals surface area contributed by atoms with Crippen LogP contribution in [0, 0.1) is 0 Å². The van der Waals surface area contributed by atoms with Crippen molar-refractivity contribution in [3.8, 4) is 0 Å². The van der Waals surface area contributed by atoms with Gasteiger partial charge in [-0.1, -0.05) is 30.3 Å². The smallest absolute Gasteiger partial charge is 0.411 e. The molecule has 0 radical (unpaired) electrons. The van der Waals surface area contributed by atoms with Gasteiger partial charge in [0.25, 0.3) is 0 Å². The molecular weight excluding hydrogens is 454 g/mol. The molecule has 3 amide bonds. The van der Waals surface area contributed by atoms with Crippen LogP contribution in [0.5, 0.6) is 0 Å². The van der Waals surface area contributed by atoms with Gasteiger partial charge in [0.05, 0.1) is 19.8 Å². The van der Waals surface area contributed by atoms with Crippen molar-refractivity contribution in [2.45, 2.75) is 26.7 Å². The summed E-state index contributed by atoms with van der Waals surface area (Å²) in [6.07, 6.45) is 1.04. The highest BCUT2D eigenvalue weighted by Crippen LogP contribution is 2.16. The summed E-state index contributed by atoms with van der Waals surface area (Å²) in [6.45, 7) is 3.52. The molecule has 0 unspecified atom stereocenters. The molecule has 10 heteroatoms. The number of nitrogens with one attached hydrogen (secondary N) is 3. The van der Waals surface area contributed by atoms with Gasteiger partial charge in [-0.2, -0.15) is 0 Å². The number of hydrogen-bond donors (Lipinski definition) is 4. The van der Waals surface area contributed by atoms with Crippen molar-refractivity contribution in [2.24, 2.45) is 0 Å². The summed E-state index contributed by atoms with van der Waals surface area (Å²) in [6, 6.07) is 14.7. The number of benzene rings is 2. The third-order valence-corrected chi connectivity index (χ3v) is 4.62. The van der Waals surface area contributed by atoms with Gasteiger partial charge in [0.1, 0.15) is 6.61 Å². The topological polar surface area (TPSA) is 135 Å². The summed E-state index contributed by atoms with van der Waals surface area (Å²) < 4.78 is 14.8.